The van der Waals surface area contributed by atoms with Gasteiger partial charge in [-0.15, -0.1) is 0 Å². The van der Waals surface area contributed by atoms with Gasteiger partial charge in [-0.2, -0.15) is 0 Å². The maximum absolute atomic E-state index is 11.9. The second kappa shape index (κ2) is 7.08. The van der Waals surface area contributed by atoms with Gasteiger partial charge in [-0.05, 0) is 19.1 Å². The van der Waals surface area contributed by atoms with E-state index in [2.05, 4.69) is 5.32 Å². The Hall–Kier alpha value is -1.46. The van der Waals surface area contributed by atoms with Crippen LogP contribution in [0.5, 0.6) is 5.75 Å². The number of benzene rings is 1. The number of methoxy groups -OCH3 is 1. The standard InChI is InChI=1S/C12H17ClN2O3/c1-3-15(7-8-16)12(17)14-10-6-4-5-9(13)11(10)18-2/h4-6,16H,3,7-8H2,1-2H3,(H,14,17). The van der Waals surface area contributed by atoms with E-state index >= 15 is 0 Å². The minimum atomic E-state index is -0.299. The largest absolute Gasteiger partial charge is 0.493 e. The van der Waals surface area contributed by atoms with E-state index in [4.69, 9.17) is 21.4 Å². The summed E-state index contributed by atoms with van der Waals surface area (Å²) in [5.41, 5.74) is 0.506. The Morgan fingerprint density at radius 1 is 1.56 bits per heavy atom. The van der Waals surface area contributed by atoms with Gasteiger partial charge in [0.1, 0.15) is 0 Å². The predicted octanol–water partition coefficient (Wildman–Crippen LogP) is 2.19. The van der Waals surface area contributed by atoms with Crippen LogP contribution in [0.4, 0.5) is 10.5 Å². The Balaban J connectivity index is 2.84. The highest BCUT2D eigenvalue weighted by molar-refractivity contribution is 6.32. The van der Waals surface area contributed by atoms with Crippen LogP contribution < -0.4 is 10.1 Å². The second-order valence-corrected chi connectivity index (χ2v) is 3.96. The number of hydrogen-bond acceptors (Lipinski definition) is 3. The number of para-hydroxylation sites is 1. The van der Waals surface area contributed by atoms with Crippen LogP contribution in [-0.4, -0.2) is 42.8 Å². The number of halogens is 1. The summed E-state index contributed by atoms with van der Waals surface area (Å²) in [5.74, 6) is 0.424. The second-order valence-electron chi connectivity index (χ2n) is 3.55. The van der Waals surface area contributed by atoms with Crippen LogP contribution in [0, 0.1) is 0 Å². The van der Waals surface area contributed by atoms with Crippen LogP contribution in [0.3, 0.4) is 0 Å². The lowest BCUT2D eigenvalue weighted by atomic mass is 10.3. The van der Waals surface area contributed by atoms with Crippen molar-refractivity contribution in [2.75, 3.05) is 32.1 Å². The molecule has 0 heterocycles. The smallest absolute Gasteiger partial charge is 0.322 e. The number of nitrogens with zero attached hydrogens (tertiary/aromatic N) is 1. The molecule has 0 saturated carbocycles. The van der Waals surface area contributed by atoms with E-state index in [0.717, 1.165) is 0 Å². The van der Waals surface area contributed by atoms with Crippen LogP contribution in [-0.2, 0) is 0 Å². The lowest BCUT2D eigenvalue weighted by molar-refractivity contribution is 0.192. The monoisotopic (exact) mass is 272 g/mol. The van der Waals surface area contributed by atoms with Crippen molar-refractivity contribution in [3.8, 4) is 5.75 Å². The summed E-state index contributed by atoms with van der Waals surface area (Å²) in [4.78, 5) is 13.4. The van der Waals surface area contributed by atoms with Gasteiger partial charge in [0.15, 0.2) is 5.75 Å². The van der Waals surface area contributed by atoms with Crippen molar-refractivity contribution >= 4 is 23.3 Å². The Labute approximate surface area is 111 Å². The number of aliphatic hydroxyl groups is 1. The minimum Gasteiger partial charge on any atom is -0.493 e. The number of carbonyl (C=O) groups excluding carboxylic acids is 1. The van der Waals surface area contributed by atoms with Gasteiger partial charge in [-0.1, -0.05) is 17.7 Å². The summed E-state index contributed by atoms with van der Waals surface area (Å²) in [5, 5.41) is 12.0. The van der Waals surface area contributed by atoms with Crippen molar-refractivity contribution in [3.63, 3.8) is 0 Å². The van der Waals surface area contributed by atoms with Gasteiger partial charge in [0.25, 0.3) is 0 Å². The fourth-order valence-electron chi connectivity index (χ4n) is 1.53. The van der Waals surface area contributed by atoms with Gasteiger partial charge in [-0.25, -0.2) is 4.79 Å². The molecule has 2 N–H and O–H groups in total. The number of nitrogens with one attached hydrogen (secondary N) is 1. The third-order valence-corrected chi connectivity index (χ3v) is 2.75. The Kier molecular flexibility index (Phi) is 5.74. The molecule has 0 fully saturated rings. The molecule has 2 amide bonds. The average molecular weight is 273 g/mol. The number of ether oxygens (including phenoxy) is 1. The van der Waals surface area contributed by atoms with Crippen LogP contribution >= 0.6 is 11.6 Å². The van der Waals surface area contributed by atoms with Crippen molar-refractivity contribution in [1.82, 2.24) is 4.90 Å². The first-order valence-corrected chi connectivity index (χ1v) is 6.01. The minimum absolute atomic E-state index is 0.0755. The number of likely N-dealkylation sites (N-methyl/N-ethyl adjacent to an activating group) is 1. The van der Waals surface area contributed by atoms with E-state index in [0.29, 0.717) is 23.0 Å². The molecule has 0 aliphatic rings. The Morgan fingerprint density at radius 3 is 2.83 bits per heavy atom. The Bertz CT molecular complexity index is 412. The number of anilines is 1. The molecule has 0 saturated heterocycles. The molecule has 5 nitrogen and oxygen atoms in total. The highest BCUT2D eigenvalue weighted by Crippen LogP contribution is 2.32. The maximum Gasteiger partial charge on any atom is 0.322 e. The summed E-state index contributed by atoms with van der Waals surface area (Å²) in [7, 11) is 1.49. The molecule has 0 aromatic heterocycles. The number of amides is 2. The zero-order chi connectivity index (χ0) is 13.5. The van der Waals surface area contributed by atoms with Gasteiger partial charge in [0.2, 0.25) is 0 Å². The lowest BCUT2D eigenvalue weighted by Gasteiger charge is -2.21. The van der Waals surface area contributed by atoms with Crippen LogP contribution in [0.2, 0.25) is 5.02 Å². The van der Waals surface area contributed by atoms with E-state index in [1.165, 1.54) is 12.0 Å². The number of carbonyl (C=O) groups is 1. The fraction of sp³-hybridized carbons (Fsp3) is 0.417. The summed E-state index contributed by atoms with van der Waals surface area (Å²) in [6, 6.07) is 4.81. The molecule has 0 radical (unpaired) electrons. The van der Waals surface area contributed by atoms with Crippen LogP contribution in [0.25, 0.3) is 0 Å². The van der Waals surface area contributed by atoms with Gasteiger partial charge in [-0.3, -0.25) is 0 Å². The zero-order valence-corrected chi connectivity index (χ0v) is 11.2. The summed E-state index contributed by atoms with van der Waals surface area (Å²) < 4.78 is 5.14. The van der Waals surface area contributed by atoms with Crippen LogP contribution in [0.15, 0.2) is 18.2 Å². The molecule has 6 heteroatoms. The number of rotatable bonds is 5. The van der Waals surface area contributed by atoms with E-state index in [1.807, 2.05) is 6.92 Å². The molecule has 0 atom stereocenters. The third kappa shape index (κ3) is 3.51. The van der Waals surface area contributed by atoms with E-state index < -0.39 is 0 Å². The van der Waals surface area contributed by atoms with Crippen molar-refractivity contribution in [2.24, 2.45) is 0 Å². The fourth-order valence-corrected chi connectivity index (χ4v) is 1.78. The molecule has 0 unspecified atom stereocenters. The maximum atomic E-state index is 11.9. The van der Waals surface area contributed by atoms with Gasteiger partial charge in [0, 0.05) is 13.1 Å². The van der Waals surface area contributed by atoms with E-state index in [-0.39, 0.29) is 19.2 Å². The van der Waals surface area contributed by atoms with Crippen molar-refractivity contribution < 1.29 is 14.6 Å². The first-order chi connectivity index (χ1) is 8.63. The molecule has 1 rings (SSSR count). The summed E-state index contributed by atoms with van der Waals surface area (Å²) in [6.45, 7) is 2.55. The quantitative estimate of drug-likeness (QED) is 0.864. The molecule has 1 aromatic rings. The highest BCUT2D eigenvalue weighted by Gasteiger charge is 2.14. The summed E-state index contributed by atoms with van der Waals surface area (Å²) in [6.07, 6.45) is 0. The SMILES string of the molecule is CCN(CCO)C(=O)Nc1cccc(Cl)c1OC. The number of aliphatic hydroxyl groups excluding tert-OH is 1. The number of urea groups is 1. The van der Waals surface area contributed by atoms with E-state index in [9.17, 15) is 4.79 Å². The Morgan fingerprint density at radius 2 is 2.28 bits per heavy atom. The molecule has 1 aromatic carbocycles. The molecule has 0 aliphatic carbocycles. The van der Waals surface area contributed by atoms with Gasteiger partial charge >= 0.3 is 6.03 Å². The van der Waals surface area contributed by atoms with Gasteiger partial charge in [0.05, 0.1) is 24.4 Å². The molecular formula is C12H17ClN2O3. The zero-order valence-electron chi connectivity index (χ0n) is 10.4. The van der Waals surface area contributed by atoms with Crippen LogP contribution in [0.1, 0.15) is 6.92 Å². The molecule has 0 aliphatic heterocycles. The third-order valence-electron chi connectivity index (χ3n) is 2.45. The highest BCUT2D eigenvalue weighted by atomic mass is 35.5. The molecule has 0 bridgehead atoms. The molecule has 100 valence electrons. The summed E-state index contributed by atoms with van der Waals surface area (Å²) >= 11 is 5.96. The molecular weight excluding hydrogens is 256 g/mol. The first-order valence-electron chi connectivity index (χ1n) is 5.63. The van der Waals surface area contributed by atoms with Gasteiger partial charge < -0.3 is 20.1 Å². The van der Waals surface area contributed by atoms with Crippen molar-refractivity contribution in [2.45, 2.75) is 6.92 Å². The molecule has 0 spiro atoms. The molecule has 18 heavy (non-hydrogen) atoms. The predicted molar refractivity (Wildman–Crippen MR) is 71.4 cm³/mol. The average Bonchev–Trinajstić information content (AvgIpc) is 2.36. The topological polar surface area (TPSA) is 61.8 Å². The lowest BCUT2D eigenvalue weighted by Crippen LogP contribution is -2.36. The van der Waals surface area contributed by atoms with E-state index in [1.54, 1.807) is 18.2 Å². The number of hydrogen-bond donors (Lipinski definition) is 2. The normalized spacial score (nSPS) is 10.0. The van der Waals surface area contributed by atoms with Crippen molar-refractivity contribution in [1.29, 1.82) is 0 Å². The van der Waals surface area contributed by atoms with Crippen molar-refractivity contribution in [3.05, 3.63) is 23.2 Å². The first kappa shape index (κ1) is 14.6.